The number of hydrogen-bond acceptors (Lipinski definition) is 2. The minimum Gasteiger partial charge on any atom is -0.390 e. The van der Waals surface area contributed by atoms with Crippen LogP contribution in [0.4, 0.5) is 0 Å². The molecule has 0 amide bonds. The quantitative estimate of drug-likeness (QED) is 0.582. The summed E-state index contributed by atoms with van der Waals surface area (Å²) in [5, 5.41) is 4.45. The summed E-state index contributed by atoms with van der Waals surface area (Å²) in [5.74, 6) is 0. The molecule has 3 heteroatoms. The van der Waals surface area contributed by atoms with E-state index in [-0.39, 0.29) is 0 Å². The normalized spacial score (nSPS) is 10.6. The molecule has 0 aliphatic rings. The molecule has 1 radical (unpaired) electrons. The van der Waals surface area contributed by atoms with Crippen molar-refractivity contribution in [2.75, 3.05) is 0 Å². The van der Waals surface area contributed by atoms with Crippen LogP contribution in [0.1, 0.15) is 16.7 Å². The van der Waals surface area contributed by atoms with E-state index in [0.29, 0.717) is 11.6 Å². The predicted octanol–water partition coefficient (Wildman–Crippen LogP) is 4.41. The monoisotopic (exact) mass is 270 g/mol. The molecule has 0 spiro atoms. The van der Waals surface area contributed by atoms with Gasteiger partial charge in [-0.1, -0.05) is 59.7 Å². The number of hydrogen-bond donors (Lipinski definition) is 0. The summed E-state index contributed by atoms with van der Waals surface area (Å²) >= 11 is 5.86. The number of nitrogens with zero attached hydrogens (tertiary/aromatic N) is 1. The van der Waals surface area contributed by atoms with Crippen molar-refractivity contribution in [2.45, 2.75) is 6.61 Å². The highest BCUT2D eigenvalue weighted by Crippen LogP contribution is 2.10. The van der Waals surface area contributed by atoms with Gasteiger partial charge >= 0.3 is 0 Å². The Balaban J connectivity index is 1.91. The fourth-order valence-corrected chi connectivity index (χ4v) is 1.75. The van der Waals surface area contributed by atoms with E-state index in [1.807, 2.05) is 36.4 Å². The molecule has 2 aromatic rings. The first-order valence-electron chi connectivity index (χ1n) is 5.83. The van der Waals surface area contributed by atoms with Gasteiger partial charge in [-0.2, -0.15) is 0 Å². The third-order valence-electron chi connectivity index (χ3n) is 2.48. The van der Waals surface area contributed by atoms with E-state index in [0.717, 1.165) is 16.7 Å². The lowest BCUT2D eigenvalue weighted by atomic mass is 10.1. The van der Waals surface area contributed by atoms with E-state index in [1.54, 1.807) is 18.2 Å². The van der Waals surface area contributed by atoms with Crippen LogP contribution in [0.2, 0.25) is 5.02 Å². The van der Waals surface area contributed by atoms with Gasteiger partial charge in [0.1, 0.15) is 12.8 Å². The maximum absolute atomic E-state index is 5.86. The molecule has 2 aromatic carbocycles. The second-order valence-electron chi connectivity index (χ2n) is 3.94. The minimum absolute atomic E-state index is 0.398. The van der Waals surface area contributed by atoms with Crippen molar-refractivity contribution in [3.05, 3.63) is 76.8 Å². The van der Waals surface area contributed by atoms with Gasteiger partial charge in [0.2, 0.25) is 0 Å². The SMILES string of the molecule is C=Cc1cccc(CO/N=[C]\c2cccc(Cl)c2)c1. The number of halogens is 1. The highest BCUT2D eigenvalue weighted by molar-refractivity contribution is 6.30. The second kappa shape index (κ2) is 6.76. The van der Waals surface area contributed by atoms with E-state index in [2.05, 4.69) is 17.9 Å². The molecule has 2 nitrogen and oxygen atoms in total. The molecule has 0 saturated heterocycles. The Morgan fingerprint density at radius 3 is 2.84 bits per heavy atom. The highest BCUT2D eigenvalue weighted by Gasteiger charge is 1.94. The Bertz CT molecular complexity index is 593. The summed E-state index contributed by atoms with van der Waals surface area (Å²) in [6, 6.07) is 15.2. The van der Waals surface area contributed by atoms with Gasteiger partial charge in [-0.15, -0.1) is 0 Å². The summed E-state index contributed by atoms with van der Waals surface area (Å²) in [6.07, 6.45) is 4.58. The molecule has 0 saturated carbocycles. The first-order valence-corrected chi connectivity index (χ1v) is 6.21. The van der Waals surface area contributed by atoms with E-state index in [4.69, 9.17) is 16.4 Å². The van der Waals surface area contributed by atoms with Crippen LogP contribution >= 0.6 is 11.6 Å². The van der Waals surface area contributed by atoms with Crippen molar-refractivity contribution in [3.63, 3.8) is 0 Å². The summed E-state index contributed by atoms with van der Waals surface area (Å²) in [4.78, 5) is 5.20. The summed E-state index contributed by atoms with van der Waals surface area (Å²) < 4.78 is 0. The molecular formula is C16H13ClNO. The van der Waals surface area contributed by atoms with Crippen molar-refractivity contribution < 1.29 is 4.84 Å². The fourth-order valence-electron chi connectivity index (χ4n) is 1.56. The Morgan fingerprint density at radius 2 is 2.05 bits per heavy atom. The molecule has 2 rings (SSSR count). The van der Waals surface area contributed by atoms with Gasteiger partial charge in [0.05, 0.1) is 0 Å². The molecule has 19 heavy (non-hydrogen) atoms. The van der Waals surface area contributed by atoms with E-state index >= 15 is 0 Å². The van der Waals surface area contributed by atoms with Crippen LogP contribution in [0.3, 0.4) is 0 Å². The molecule has 0 aromatic heterocycles. The molecule has 0 unspecified atom stereocenters. The van der Waals surface area contributed by atoms with Crippen LogP contribution in [0.5, 0.6) is 0 Å². The smallest absolute Gasteiger partial charge is 0.142 e. The molecular weight excluding hydrogens is 258 g/mol. The Labute approximate surface area is 118 Å². The van der Waals surface area contributed by atoms with Crippen molar-refractivity contribution in [1.82, 2.24) is 0 Å². The van der Waals surface area contributed by atoms with Gasteiger partial charge in [0, 0.05) is 10.6 Å². The van der Waals surface area contributed by atoms with Crippen LogP contribution in [-0.4, -0.2) is 6.21 Å². The zero-order valence-corrected chi connectivity index (χ0v) is 11.1. The molecule has 0 N–H and O–H groups in total. The topological polar surface area (TPSA) is 21.6 Å². The van der Waals surface area contributed by atoms with Gasteiger partial charge in [0.15, 0.2) is 0 Å². The van der Waals surface area contributed by atoms with Crippen LogP contribution in [0.25, 0.3) is 6.08 Å². The Hall–Kier alpha value is -2.06. The van der Waals surface area contributed by atoms with Gasteiger partial charge < -0.3 is 4.84 Å². The van der Waals surface area contributed by atoms with Crippen LogP contribution in [0.15, 0.2) is 60.3 Å². The average molecular weight is 271 g/mol. The van der Waals surface area contributed by atoms with Crippen LogP contribution in [-0.2, 0) is 11.4 Å². The largest absolute Gasteiger partial charge is 0.390 e. The predicted molar refractivity (Wildman–Crippen MR) is 79.3 cm³/mol. The second-order valence-corrected chi connectivity index (χ2v) is 4.37. The summed E-state index contributed by atoms with van der Waals surface area (Å²) in [7, 11) is 0. The first-order chi connectivity index (χ1) is 9.28. The Kier molecular flexibility index (Phi) is 4.76. The molecule has 0 aliphatic carbocycles. The molecule has 0 bridgehead atoms. The maximum Gasteiger partial charge on any atom is 0.142 e. The lowest BCUT2D eigenvalue weighted by molar-refractivity contribution is 0.132. The van der Waals surface area contributed by atoms with E-state index < -0.39 is 0 Å². The van der Waals surface area contributed by atoms with Gasteiger partial charge in [-0.05, 0) is 29.3 Å². The highest BCUT2D eigenvalue weighted by atomic mass is 35.5. The first kappa shape index (κ1) is 13.4. The zero-order valence-electron chi connectivity index (χ0n) is 10.3. The van der Waals surface area contributed by atoms with Gasteiger partial charge in [-0.3, -0.25) is 0 Å². The molecule has 0 atom stereocenters. The lowest BCUT2D eigenvalue weighted by Gasteiger charge is -2.01. The standard InChI is InChI=1S/C16H13ClNO/c1-2-13-5-3-7-15(9-13)12-19-18-11-14-6-4-8-16(17)10-14/h2-10H,1,12H2. The van der Waals surface area contributed by atoms with Crippen LogP contribution in [0, 0.1) is 0 Å². The summed E-state index contributed by atoms with van der Waals surface area (Å²) in [6.45, 7) is 4.13. The van der Waals surface area contributed by atoms with Crippen molar-refractivity contribution in [3.8, 4) is 0 Å². The van der Waals surface area contributed by atoms with E-state index in [1.165, 1.54) is 0 Å². The number of rotatable bonds is 5. The summed E-state index contributed by atoms with van der Waals surface area (Å²) in [5.41, 5.74) is 2.88. The van der Waals surface area contributed by atoms with Gasteiger partial charge in [-0.25, -0.2) is 0 Å². The fraction of sp³-hybridized carbons (Fsp3) is 0.0625. The van der Waals surface area contributed by atoms with Crippen molar-refractivity contribution in [1.29, 1.82) is 0 Å². The maximum atomic E-state index is 5.86. The molecule has 95 valence electrons. The Morgan fingerprint density at radius 1 is 1.21 bits per heavy atom. The third-order valence-corrected chi connectivity index (χ3v) is 2.72. The minimum atomic E-state index is 0.398. The zero-order chi connectivity index (χ0) is 13.5. The molecule has 0 fully saturated rings. The molecule has 0 aliphatic heterocycles. The lowest BCUT2D eigenvalue weighted by Crippen LogP contribution is -1.89. The average Bonchev–Trinajstić information content (AvgIpc) is 2.44. The van der Waals surface area contributed by atoms with Crippen molar-refractivity contribution in [2.24, 2.45) is 5.16 Å². The van der Waals surface area contributed by atoms with Crippen LogP contribution < -0.4 is 0 Å². The van der Waals surface area contributed by atoms with E-state index in [9.17, 15) is 0 Å². The van der Waals surface area contributed by atoms with Gasteiger partial charge in [0.25, 0.3) is 0 Å². The third kappa shape index (κ3) is 4.27. The van der Waals surface area contributed by atoms with Crippen molar-refractivity contribution >= 4 is 23.9 Å². The number of benzene rings is 2. The molecule has 0 heterocycles.